The number of anilines is 1. The SMILES string of the molecule is COCCOCCOCCNc1ccc(F)cc1C#N. The highest BCUT2D eigenvalue weighted by molar-refractivity contribution is 5.57. The Balaban J connectivity index is 2.11. The monoisotopic (exact) mass is 282 g/mol. The molecule has 0 fully saturated rings. The van der Waals surface area contributed by atoms with Gasteiger partial charge < -0.3 is 19.5 Å². The third kappa shape index (κ3) is 6.48. The van der Waals surface area contributed by atoms with Crippen LogP contribution < -0.4 is 5.32 Å². The van der Waals surface area contributed by atoms with E-state index < -0.39 is 5.82 Å². The van der Waals surface area contributed by atoms with Crippen molar-refractivity contribution < 1.29 is 18.6 Å². The lowest BCUT2D eigenvalue weighted by molar-refractivity contribution is 0.0272. The van der Waals surface area contributed by atoms with Gasteiger partial charge in [-0.2, -0.15) is 5.26 Å². The quantitative estimate of drug-likeness (QED) is 0.663. The van der Waals surface area contributed by atoms with Crippen LogP contribution in [0, 0.1) is 17.1 Å². The molecule has 1 rings (SSSR count). The van der Waals surface area contributed by atoms with E-state index in [-0.39, 0.29) is 5.56 Å². The summed E-state index contributed by atoms with van der Waals surface area (Å²) in [4.78, 5) is 0. The molecule has 6 heteroatoms. The molecule has 5 nitrogen and oxygen atoms in total. The lowest BCUT2D eigenvalue weighted by atomic mass is 10.2. The molecule has 0 heterocycles. The number of hydrogen-bond acceptors (Lipinski definition) is 5. The van der Waals surface area contributed by atoms with Crippen molar-refractivity contribution in [3.63, 3.8) is 0 Å². The minimum Gasteiger partial charge on any atom is -0.382 e. The summed E-state index contributed by atoms with van der Waals surface area (Å²) in [5.41, 5.74) is 0.891. The Labute approximate surface area is 118 Å². The summed E-state index contributed by atoms with van der Waals surface area (Å²) in [7, 11) is 1.62. The van der Waals surface area contributed by atoms with Gasteiger partial charge in [-0.15, -0.1) is 0 Å². The Hall–Kier alpha value is -1.68. The van der Waals surface area contributed by atoms with E-state index in [4.69, 9.17) is 19.5 Å². The van der Waals surface area contributed by atoms with Gasteiger partial charge in [0.15, 0.2) is 0 Å². The van der Waals surface area contributed by atoms with Gasteiger partial charge >= 0.3 is 0 Å². The van der Waals surface area contributed by atoms with E-state index in [1.54, 1.807) is 13.2 Å². The van der Waals surface area contributed by atoms with Crippen LogP contribution in [0.3, 0.4) is 0 Å². The number of nitrogens with one attached hydrogen (secondary N) is 1. The fraction of sp³-hybridized carbons (Fsp3) is 0.500. The number of methoxy groups -OCH3 is 1. The number of hydrogen-bond donors (Lipinski definition) is 1. The maximum absolute atomic E-state index is 12.9. The highest BCUT2D eigenvalue weighted by atomic mass is 19.1. The van der Waals surface area contributed by atoms with Crippen LogP contribution in [0.2, 0.25) is 0 Å². The highest BCUT2D eigenvalue weighted by Crippen LogP contribution is 2.15. The van der Waals surface area contributed by atoms with Gasteiger partial charge in [-0.3, -0.25) is 0 Å². The molecule has 0 aliphatic heterocycles. The highest BCUT2D eigenvalue weighted by Gasteiger charge is 2.02. The third-order valence-electron chi connectivity index (χ3n) is 2.47. The van der Waals surface area contributed by atoms with Crippen LogP contribution in [0.1, 0.15) is 5.56 Å². The van der Waals surface area contributed by atoms with Crippen molar-refractivity contribution in [2.45, 2.75) is 0 Å². The second kappa shape index (κ2) is 10.1. The van der Waals surface area contributed by atoms with E-state index in [9.17, 15) is 4.39 Å². The number of halogens is 1. The molecule has 0 aliphatic carbocycles. The Morgan fingerprint density at radius 3 is 2.55 bits per heavy atom. The number of nitrogens with zero attached hydrogens (tertiary/aromatic N) is 1. The summed E-state index contributed by atoms with van der Waals surface area (Å²) in [5.74, 6) is -0.420. The molecular formula is C14H19FN2O3. The molecule has 1 aromatic rings. The van der Waals surface area contributed by atoms with Crippen molar-refractivity contribution in [1.82, 2.24) is 0 Å². The van der Waals surface area contributed by atoms with E-state index in [0.717, 1.165) is 0 Å². The molecule has 0 saturated carbocycles. The zero-order valence-electron chi connectivity index (χ0n) is 11.5. The van der Waals surface area contributed by atoms with E-state index >= 15 is 0 Å². The summed E-state index contributed by atoms with van der Waals surface area (Å²) in [6, 6.07) is 6.00. The standard InChI is InChI=1S/C14H19FN2O3/c1-18-6-7-20-9-8-19-5-4-17-14-3-2-13(15)10-12(14)11-16/h2-3,10,17H,4-9H2,1H3. The first-order chi connectivity index (χ1) is 9.77. The second-order valence-electron chi connectivity index (χ2n) is 3.95. The Kier molecular flexibility index (Phi) is 8.31. The maximum atomic E-state index is 12.9. The lowest BCUT2D eigenvalue weighted by Gasteiger charge is -2.09. The molecule has 0 bridgehead atoms. The molecule has 0 saturated heterocycles. The summed E-state index contributed by atoms with van der Waals surface area (Å²) in [6.07, 6.45) is 0. The van der Waals surface area contributed by atoms with Gasteiger partial charge in [0.25, 0.3) is 0 Å². The zero-order chi connectivity index (χ0) is 14.6. The minimum atomic E-state index is -0.420. The van der Waals surface area contributed by atoms with E-state index in [1.807, 2.05) is 6.07 Å². The summed E-state index contributed by atoms with van der Waals surface area (Å²) >= 11 is 0. The molecule has 0 radical (unpaired) electrons. The molecule has 0 unspecified atom stereocenters. The zero-order valence-corrected chi connectivity index (χ0v) is 11.5. The van der Waals surface area contributed by atoms with Crippen LogP contribution in [-0.4, -0.2) is 46.7 Å². The Morgan fingerprint density at radius 1 is 1.15 bits per heavy atom. The topological polar surface area (TPSA) is 63.5 Å². The van der Waals surface area contributed by atoms with Gasteiger partial charge in [0.2, 0.25) is 0 Å². The first-order valence-electron chi connectivity index (χ1n) is 6.36. The number of ether oxygens (including phenoxy) is 3. The molecule has 0 amide bonds. The number of benzene rings is 1. The molecule has 1 N–H and O–H groups in total. The summed E-state index contributed by atoms with van der Waals surface area (Å²) in [5, 5.41) is 11.9. The van der Waals surface area contributed by atoms with Crippen LogP contribution in [0.25, 0.3) is 0 Å². The van der Waals surface area contributed by atoms with Crippen LogP contribution in [-0.2, 0) is 14.2 Å². The fourth-order valence-electron chi connectivity index (χ4n) is 1.49. The fourth-order valence-corrected chi connectivity index (χ4v) is 1.49. The number of rotatable bonds is 10. The van der Waals surface area contributed by atoms with Crippen LogP contribution in [0.5, 0.6) is 0 Å². The van der Waals surface area contributed by atoms with Crippen molar-refractivity contribution in [1.29, 1.82) is 5.26 Å². The second-order valence-corrected chi connectivity index (χ2v) is 3.95. The van der Waals surface area contributed by atoms with Crippen molar-refractivity contribution >= 4 is 5.69 Å². The summed E-state index contributed by atoms with van der Waals surface area (Å²) in [6.45, 7) is 3.17. The molecular weight excluding hydrogens is 263 g/mol. The first kappa shape index (κ1) is 16.4. The van der Waals surface area contributed by atoms with Gasteiger partial charge in [0.05, 0.1) is 44.3 Å². The van der Waals surface area contributed by atoms with E-state index in [0.29, 0.717) is 45.3 Å². The molecule has 1 aromatic carbocycles. The van der Waals surface area contributed by atoms with E-state index in [1.165, 1.54) is 12.1 Å². The molecule has 0 aliphatic rings. The van der Waals surface area contributed by atoms with E-state index in [2.05, 4.69) is 5.32 Å². The largest absolute Gasteiger partial charge is 0.382 e. The lowest BCUT2D eigenvalue weighted by Crippen LogP contribution is -2.14. The van der Waals surface area contributed by atoms with Gasteiger partial charge in [0, 0.05) is 13.7 Å². The Bertz CT molecular complexity index is 435. The van der Waals surface area contributed by atoms with Crippen molar-refractivity contribution in [2.24, 2.45) is 0 Å². The molecule has 0 spiro atoms. The van der Waals surface area contributed by atoms with Gasteiger partial charge in [-0.25, -0.2) is 4.39 Å². The average Bonchev–Trinajstić information content (AvgIpc) is 2.46. The predicted octanol–water partition coefficient (Wildman–Crippen LogP) is 1.79. The van der Waals surface area contributed by atoms with Crippen LogP contribution in [0.4, 0.5) is 10.1 Å². The normalized spacial score (nSPS) is 10.2. The average molecular weight is 282 g/mol. The third-order valence-corrected chi connectivity index (χ3v) is 2.47. The van der Waals surface area contributed by atoms with Crippen molar-refractivity contribution in [3.05, 3.63) is 29.6 Å². The molecule has 110 valence electrons. The van der Waals surface area contributed by atoms with Gasteiger partial charge in [-0.05, 0) is 18.2 Å². The molecule has 20 heavy (non-hydrogen) atoms. The molecule has 0 aromatic heterocycles. The van der Waals surface area contributed by atoms with Gasteiger partial charge in [-0.1, -0.05) is 0 Å². The van der Waals surface area contributed by atoms with Crippen molar-refractivity contribution in [2.75, 3.05) is 52.0 Å². The Morgan fingerprint density at radius 2 is 1.85 bits per heavy atom. The van der Waals surface area contributed by atoms with Crippen molar-refractivity contribution in [3.8, 4) is 6.07 Å². The summed E-state index contributed by atoms with van der Waals surface area (Å²) < 4.78 is 28.3. The van der Waals surface area contributed by atoms with Crippen LogP contribution in [0.15, 0.2) is 18.2 Å². The smallest absolute Gasteiger partial charge is 0.124 e. The minimum absolute atomic E-state index is 0.285. The first-order valence-corrected chi connectivity index (χ1v) is 6.36. The molecule has 0 atom stereocenters. The number of nitriles is 1. The van der Waals surface area contributed by atoms with Crippen LogP contribution >= 0.6 is 0 Å². The van der Waals surface area contributed by atoms with Gasteiger partial charge in [0.1, 0.15) is 11.9 Å². The maximum Gasteiger partial charge on any atom is 0.124 e. The predicted molar refractivity (Wildman–Crippen MR) is 73.1 cm³/mol.